The highest BCUT2D eigenvalue weighted by Crippen LogP contribution is 2.36. The van der Waals surface area contributed by atoms with E-state index in [1.807, 2.05) is 0 Å². The number of alkyl halides is 3. The normalized spacial score (nSPS) is 11.1. The molecule has 2 aromatic carbocycles. The van der Waals surface area contributed by atoms with Crippen molar-refractivity contribution in [3.05, 3.63) is 70.4 Å². The van der Waals surface area contributed by atoms with Crippen LogP contribution in [0.2, 0.25) is 0 Å². The van der Waals surface area contributed by atoms with Crippen LogP contribution in [-0.2, 0) is 6.54 Å². The van der Waals surface area contributed by atoms with Crippen molar-refractivity contribution < 1.29 is 31.8 Å². The quantitative estimate of drug-likeness (QED) is 0.552. The minimum atomic E-state index is -4.87. The van der Waals surface area contributed by atoms with Gasteiger partial charge in [-0.05, 0) is 30.3 Å². The van der Waals surface area contributed by atoms with E-state index in [1.165, 1.54) is 31.5 Å². The number of hydrogen-bond acceptors (Lipinski definition) is 6. The van der Waals surface area contributed by atoms with E-state index in [9.17, 15) is 22.4 Å². The maximum Gasteiger partial charge on any atom is 0.573 e. The van der Waals surface area contributed by atoms with Crippen molar-refractivity contribution in [1.82, 2.24) is 10.2 Å². The molecule has 0 spiro atoms. The molecule has 158 valence electrons. The number of ether oxygens (including phenoxy) is 3. The Hall–Kier alpha value is -3.76. The van der Waals surface area contributed by atoms with Gasteiger partial charge < -0.3 is 19.5 Å². The first kappa shape index (κ1) is 21.0. The molecule has 0 saturated carbocycles. The van der Waals surface area contributed by atoms with E-state index in [4.69, 9.17) is 9.47 Å². The molecule has 7 nitrogen and oxygen atoms in total. The van der Waals surface area contributed by atoms with Gasteiger partial charge in [-0.15, -0.1) is 13.2 Å². The number of methoxy groups -OCH3 is 1. The number of aromatic nitrogens is 2. The van der Waals surface area contributed by atoms with Gasteiger partial charge in [-0.3, -0.25) is 4.79 Å². The van der Waals surface area contributed by atoms with E-state index in [0.717, 1.165) is 24.3 Å². The first-order valence-corrected chi connectivity index (χ1v) is 8.42. The third kappa shape index (κ3) is 5.63. The summed E-state index contributed by atoms with van der Waals surface area (Å²) in [5, 5.41) is 8.70. The van der Waals surface area contributed by atoms with Gasteiger partial charge in [0, 0.05) is 24.2 Å². The van der Waals surface area contributed by atoms with Gasteiger partial charge >= 0.3 is 6.36 Å². The number of benzene rings is 2. The van der Waals surface area contributed by atoms with Gasteiger partial charge in [-0.25, -0.2) is 9.49 Å². The Labute approximate surface area is 167 Å². The number of anilines is 1. The summed E-state index contributed by atoms with van der Waals surface area (Å²) in [6.45, 7) is -0.0287. The number of H-pyrrole nitrogens is 1. The van der Waals surface area contributed by atoms with Gasteiger partial charge in [0.15, 0.2) is 11.5 Å². The first-order valence-electron chi connectivity index (χ1n) is 8.42. The van der Waals surface area contributed by atoms with E-state index in [1.54, 1.807) is 0 Å². The predicted octanol–water partition coefficient (Wildman–Crippen LogP) is 4.22. The van der Waals surface area contributed by atoms with E-state index in [2.05, 4.69) is 20.3 Å². The molecule has 0 fully saturated rings. The molecule has 0 unspecified atom stereocenters. The zero-order valence-electron chi connectivity index (χ0n) is 15.4. The zero-order chi connectivity index (χ0) is 21.7. The summed E-state index contributed by atoms with van der Waals surface area (Å²) in [5.41, 5.74) is 0.149. The summed E-state index contributed by atoms with van der Waals surface area (Å²) in [5.74, 6) is -0.580. The maximum absolute atomic E-state index is 13.4. The van der Waals surface area contributed by atoms with Gasteiger partial charge in [-0.1, -0.05) is 0 Å². The number of aromatic amines is 1. The third-order valence-electron chi connectivity index (χ3n) is 3.76. The molecule has 0 aliphatic carbocycles. The zero-order valence-corrected chi connectivity index (χ0v) is 15.4. The molecule has 3 aromatic rings. The molecular formula is C19H15F4N3O4. The second-order valence-corrected chi connectivity index (χ2v) is 5.90. The molecule has 30 heavy (non-hydrogen) atoms. The van der Waals surface area contributed by atoms with E-state index < -0.39 is 23.5 Å². The molecule has 0 amide bonds. The Morgan fingerprint density at radius 3 is 2.53 bits per heavy atom. The molecule has 0 radical (unpaired) electrons. The molecule has 0 aliphatic heterocycles. The predicted molar refractivity (Wildman–Crippen MR) is 98.3 cm³/mol. The second-order valence-electron chi connectivity index (χ2n) is 5.90. The Kier molecular flexibility index (Phi) is 6.09. The van der Waals surface area contributed by atoms with Crippen LogP contribution in [0.1, 0.15) is 5.56 Å². The van der Waals surface area contributed by atoms with E-state index in [-0.39, 0.29) is 29.4 Å². The molecule has 0 bridgehead atoms. The summed E-state index contributed by atoms with van der Waals surface area (Å²) >= 11 is 0. The number of rotatable bonds is 7. The minimum Gasteiger partial charge on any atom is -0.493 e. The molecule has 3 rings (SSSR count). The fourth-order valence-corrected chi connectivity index (χ4v) is 2.51. The number of nitrogens with one attached hydrogen (secondary N) is 2. The van der Waals surface area contributed by atoms with Crippen molar-refractivity contribution in [3.8, 4) is 23.0 Å². The van der Waals surface area contributed by atoms with Gasteiger partial charge in [0.25, 0.3) is 5.56 Å². The van der Waals surface area contributed by atoms with E-state index in [0.29, 0.717) is 5.69 Å². The van der Waals surface area contributed by atoms with Gasteiger partial charge in [0.05, 0.1) is 19.0 Å². The molecule has 1 aromatic heterocycles. The topological polar surface area (TPSA) is 85.5 Å². The van der Waals surface area contributed by atoms with Crippen LogP contribution in [-0.4, -0.2) is 23.7 Å². The summed E-state index contributed by atoms with van der Waals surface area (Å²) in [6, 6.07) is 8.30. The average molecular weight is 425 g/mol. The van der Waals surface area contributed by atoms with Crippen molar-refractivity contribution in [2.24, 2.45) is 0 Å². The SMILES string of the molecule is COc1cc(F)ccc1Oc1ccc(OC(F)(F)F)cc1CNc1cn[nH]c(=O)c1. The highest BCUT2D eigenvalue weighted by molar-refractivity contribution is 5.49. The van der Waals surface area contributed by atoms with Gasteiger partial charge in [0.2, 0.25) is 0 Å². The summed E-state index contributed by atoms with van der Waals surface area (Å²) in [7, 11) is 1.32. The molecular weight excluding hydrogens is 410 g/mol. The standard InChI is InChI=1S/C19H15F4N3O4/c1-28-17-7-12(20)2-4-16(17)29-15-5-3-14(30-19(21,22)23)6-11(15)9-24-13-8-18(27)26-25-10-13/h2-8,10H,9H2,1H3,(H2,24,26,27). The van der Waals surface area contributed by atoms with Crippen LogP contribution in [0.3, 0.4) is 0 Å². The molecule has 1 heterocycles. The van der Waals surface area contributed by atoms with Crippen molar-refractivity contribution in [2.45, 2.75) is 12.9 Å². The Morgan fingerprint density at radius 1 is 1.07 bits per heavy atom. The first-order chi connectivity index (χ1) is 14.2. The third-order valence-corrected chi connectivity index (χ3v) is 3.76. The Bertz CT molecular complexity index is 1090. The van der Waals surface area contributed by atoms with Crippen LogP contribution in [0, 0.1) is 5.82 Å². The van der Waals surface area contributed by atoms with Crippen LogP contribution in [0.5, 0.6) is 23.0 Å². The fraction of sp³-hybridized carbons (Fsp3) is 0.158. The van der Waals surface area contributed by atoms with Crippen LogP contribution in [0.15, 0.2) is 53.5 Å². The second kappa shape index (κ2) is 8.72. The molecule has 2 N–H and O–H groups in total. The number of halogens is 4. The van der Waals surface area contributed by atoms with Gasteiger partial charge in [-0.2, -0.15) is 5.10 Å². The van der Waals surface area contributed by atoms with Crippen LogP contribution in [0.25, 0.3) is 0 Å². The largest absolute Gasteiger partial charge is 0.573 e. The summed E-state index contributed by atoms with van der Waals surface area (Å²) < 4.78 is 65.9. The van der Waals surface area contributed by atoms with Crippen molar-refractivity contribution >= 4 is 5.69 Å². The lowest BCUT2D eigenvalue weighted by Gasteiger charge is -2.16. The number of hydrogen-bond donors (Lipinski definition) is 2. The molecule has 0 saturated heterocycles. The fourth-order valence-electron chi connectivity index (χ4n) is 2.51. The molecule has 0 atom stereocenters. The minimum absolute atomic E-state index is 0.0287. The summed E-state index contributed by atoms with van der Waals surface area (Å²) in [6.07, 6.45) is -3.54. The highest BCUT2D eigenvalue weighted by Gasteiger charge is 2.31. The van der Waals surface area contributed by atoms with Crippen molar-refractivity contribution in [1.29, 1.82) is 0 Å². The van der Waals surface area contributed by atoms with Crippen molar-refractivity contribution in [3.63, 3.8) is 0 Å². The molecule has 0 aliphatic rings. The van der Waals surface area contributed by atoms with Crippen LogP contribution < -0.4 is 25.1 Å². The van der Waals surface area contributed by atoms with Crippen LogP contribution in [0.4, 0.5) is 23.2 Å². The molecule has 11 heteroatoms. The Balaban J connectivity index is 1.91. The lowest BCUT2D eigenvalue weighted by molar-refractivity contribution is -0.274. The Morgan fingerprint density at radius 2 is 1.83 bits per heavy atom. The summed E-state index contributed by atoms with van der Waals surface area (Å²) in [4.78, 5) is 11.3. The van der Waals surface area contributed by atoms with Crippen molar-refractivity contribution in [2.75, 3.05) is 12.4 Å². The number of nitrogens with zero attached hydrogens (tertiary/aromatic N) is 1. The lowest BCUT2D eigenvalue weighted by atomic mass is 10.1. The lowest BCUT2D eigenvalue weighted by Crippen LogP contribution is -2.17. The van der Waals surface area contributed by atoms with Crippen LogP contribution >= 0.6 is 0 Å². The average Bonchev–Trinajstić information content (AvgIpc) is 2.68. The monoisotopic (exact) mass is 425 g/mol. The van der Waals surface area contributed by atoms with E-state index >= 15 is 0 Å². The maximum atomic E-state index is 13.4. The smallest absolute Gasteiger partial charge is 0.493 e. The highest BCUT2D eigenvalue weighted by atomic mass is 19.4. The van der Waals surface area contributed by atoms with Gasteiger partial charge in [0.1, 0.15) is 17.3 Å².